The fraction of sp³-hybridized carbons (Fsp3) is 0.250. The minimum Gasteiger partial charge on any atom is -0.463 e. The first-order chi connectivity index (χ1) is 9.19. The Bertz CT molecular complexity index is 574. The molecule has 0 saturated heterocycles. The fourth-order valence-electron chi connectivity index (χ4n) is 1.45. The number of ether oxygens (including phenoxy) is 1. The van der Waals surface area contributed by atoms with E-state index in [1.54, 1.807) is 25.3 Å². The number of hydrogen-bond donors (Lipinski definition) is 1. The summed E-state index contributed by atoms with van der Waals surface area (Å²) >= 11 is 0. The smallest absolute Gasteiger partial charge is 0.376 e. The summed E-state index contributed by atoms with van der Waals surface area (Å²) in [5.74, 6) is 0.0213. The van der Waals surface area contributed by atoms with E-state index in [9.17, 15) is 4.79 Å². The van der Waals surface area contributed by atoms with Crippen molar-refractivity contribution in [2.45, 2.75) is 13.5 Å². The van der Waals surface area contributed by atoms with E-state index < -0.39 is 5.97 Å². The minimum absolute atomic E-state index is 0.0349. The molecule has 2 aromatic heterocycles. The van der Waals surface area contributed by atoms with E-state index in [-0.39, 0.29) is 5.82 Å². The lowest BCUT2D eigenvalue weighted by molar-refractivity contribution is 0.0586. The molecule has 2 heterocycles. The average Bonchev–Trinajstić information content (AvgIpc) is 2.45. The van der Waals surface area contributed by atoms with Crippen LogP contribution in [0, 0.1) is 6.92 Å². The summed E-state index contributed by atoms with van der Waals surface area (Å²) in [6, 6.07) is 3.54. The highest BCUT2D eigenvalue weighted by Gasteiger charge is 2.11. The first-order valence-corrected chi connectivity index (χ1v) is 5.62. The summed E-state index contributed by atoms with van der Waals surface area (Å²) in [6.45, 7) is 2.27. The predicted octanol–water partition coefficient (Wildman–Crippen LogP) is 0.974. The summed E-state index contributed by atoms with van der Waals surface area (Å²) in [5.41, 5.74) is 1.51. The molecule has 0 aliphatic heterocycles. The lowest BCUT2D eigenvalue weighted by atomic mass is 10.3. The van der Waals surface area contributed by atoms with Gasteiger partial charge in [0.25, 0.3) is 0 Å². The maximum Gasteiger partial charge on any atom is 0.376 e. The predicted molar refractivity (Wildman–Crippen MR) is 67.5 cm³/mol. The molecule has 98 valence electrons. The van der Waals surface area contributed by atoms with E-state index in [0.717, 1.165) is 5.69 Å². The fourth-order valence-corrected chi connectivity index (χ4v) is 1.45. The lowest BCUT2D eigenvalue weighted by Gasteiger charge is -2.07. The van der Waals surface area contributed by atoms with Gasteiger partial charge >= 0.3 is 5.97 Å². The zero-order valence-corrected chi connectivity index (χ0v) is 10.6. The number of anilines is 1. The van der Waals surface area contributed by atoms with E-state index in [4.69, 9.17) is 0 Å². The van der Waals surface area contributed by atoms with Crippen molar-refractivity contribution < 1.29 is 9.53 Å². The van der Waals surface area contributed by atoms with Crippen LogP contribution in [0.15, 0.2) is 24.7 Å². The van der Waals surface area contributed by atoms with Gasteiger partial charge in [0.05, 0.1) is 19.3 Å². The zero-order chi connectivity index (χ0) is 13.7. The molecule has 0 unspecified atom stereocenters. The second-order valence-corrected chi connectivity index (χ2v) is 3.76. The molecule has 0 aliphatic carbocycles. The second kappa shape index (κ2) is 5.85. The number of carbonyl (C=O) groups excluding carboxylic acids is 1. The quantitative estimate of drug-likeness (QED) is 0.818. The molecule has 2 rings (SSSR count). The van der Waals surface area contributed by atoms with E-state index in [2.05, 4.69) is 30.0 Å². The maximum absolute atomic E-state index is 11.4. The van der Waals surface area contributed by atoms with Crippen molar-refractivity contribution in [3.8, 4) is 0 Å². The number of nitrogens with one attached hydrogen (secondary N) is 1. The molecule has 0 fully saturated rings. The van der Waals surface area contributed by atoms with Crippen molar-refractivity contribution in [2.24, 2.45) is 0 Å². The highest BCUT2D eigenvalue weighted by molar-refractivity contribution is 5.85. The molecule has 7 heteroatoms. The van der Waals surface area contributed by atoms with Crippen LogP contribution in [0.5, 0.6) is 0 Å². The Labute approximate surface area is 110 Å². The van der Waals surface area contributed by atoms with Gasteiger partial charge in [-0.15, -0.1) is 0 Å². The SMILES string of the molecule is COC(=O)c1nc(C)cc(NCc2ccncn2)n1. The first-order valence-electron chi connectivity index (χ1n) is 5.62. The van der Waals surface area contributed by atoms with Gasteiger partial charge in [0.1, 0.15) is 12.1 Å². The number of esters is 1. The Hall–Kier alpha value is -2.57. The van der Waals surface area contributed by atoms with E-state index in [0.29, 0.717) is 18.1 Å². The minimum atomic E-state index is -0.561. The maximum atomic E-state index is 11.4. The van der Waals surface area contributed by atoms with Gasteiger partial charge in [0.15, 0.2) is 0 Å². The van der Waals surface area contributed by atoms with Crippen LogP contribution in [-0.4, -0.2) is 33.0 Å². The van der Waals surface area contributed by atoms with Crippen LogP contribution < -0.4 is 5.32 Å². The Morgan fingerprint density at radius 3 is 2.95 bits per heavy atom. The molecule has 0 aliphatic rings. The van der Waals surface area contributed by atoms with Gasteiger partial charge in [-0.05, 0) is 13.0 Å². The number of rotatable bonds is 4. The van der Waals surface area contributed by atoms with Crippen LogP contribution in [0.3, 0.4) is 0 Å². The third kappa shape index (κ3) is 3.44. The Balaban J connectivity index is 2.12. The topological polar surface area (TPSA) is 89.9 Å². The lowest BCUT2D eigenvalue weighted by Crippen LogP contribution is -2.11. The molecule has 0 amide bonds. The highest BCUT2D eigenvalue weighted by atomic mass is 16.5. The summed E-state index contributed by atoms with van der Waals surface area (Å²) < 4.78 is 4.60. The normalized spacial score (nSPS) is 10.0. The standard InChI is InChI=1S/C12H13N5O2/c1-8-5-10(17-11(16-8)12(18)19-2)14-6-9-3-4-13-7-15-9/h3-5,7H,6H2,1-2H3,(H,14,16,17). The van der Waals surface area contributed by atoms with Crippen molar-refractivity contribution in [1.82, 2.24) is 19.9 Å². The van der Waals surface area contributed by atoms with Crippen LogP contribution in [0.1, 0.15) is 22.0 Å². The number of aryl methyl sites for hydroxylation is 1. The van der Waals surface area contributed by atoms with E-state index >= 15 is 0 Å². The van der Waals surface area contributed by atoms with E-state index in [1.807, 2.05) is 0 Å². The number of hydrogen-bond acceptors (Lipinski definition) is 7. The van der Waals surface area contributed by atoms with Crippen LogP contribution in [0.2, 0.25) is 0 Å². The number of aromatic nitrogens is 4. The molecular weight excluding hydrogens is 246 g/mol. The van der Waals surface area contributed by atoms with Gasteiger partial charge in [-0.3, -0.25) is 0 Å². The Kier molecular flexibility index (Phi) is 3.97. The molecule has 0 atom stereocenters. The molecule has 0 radical (unpaired) electrons. The van der Waals surface area contributed by atoms with Crippen LogP contribution in [0.25, 0.3) is 0 Å². The second-order valence-electron chi connectivity index (χ2n) is 3.76. The van der Waals surface area contributed by atoms with Gasteiger partial charge in [-0.1, -0.05) is 0 Å². The molecule has 0 spiro atoms. The zero-order valence-electron chi connectivity index (χ0n) is 10.6. The summed E-state index contributed by atoms with van der Waals surface area (Å²) in [4.78, 5) is 27.4. The molecule has 2 aromatic rings. The number of methoxy groups -OCH3 is 1. The van der Waals surface area contributed by atoms with Crippen molar-refractivity contribution >= 4 is 11.8 Å². The molecule has 0 saturated carbocycles. The first kappa shape index (κ1) is 12.9. The summed E-state index contributed by atoms with van der Waals surface area (Å²) in [5, 5.41) is 3.07. The van der Waals surface area contributed by atoms with Crippen molar-refractivity contribution in [1.29, 1.82) is 0 Å². The van der Waals surface area contributed by atoms with Crippen LogP contribution in [0.4, 0.5) is 5.82 Å². The molecule has 0 bridgehead atoms. The van der Waals surface area contributed by atoms with Crippen molar-refractivity contribution in [3.05, 3.63) is 41.9 Å². The van der Waals surface area contributed by atoms with Crippen LogP contribution in [-0.2, 0) is 11.3 Å². The van der Waals surface area contributed by atoms with Gasteiger partial charge in [0, 0.05) is 18.0 Å². The highest BCUT2D eigenvalue weighted by Crippen LogP contribution is 2.08. The monoisotopic (exact) mass is 259 g/mol. The third-order valence-electron chi connectivity index (χ3n) is 2.32. The number of carbonyl (C=O) groups is 1. The number of nitrogens with zero attached hydrogens (tertiary/aromatic N) is 4. The van der Waals surface area contributed by atoms with Gasteiger partial charge in [-0.25, -0.2) is 24.7 Å². The molecule has 19 heavy (non-hydrogen) atoms. The van der Waals surface area contributed by atoms with Crippen molar-refractivity contribution in [2.75, 3.05) is 12.4 Å². The van der Waals surface area contributed by atoms with Crippen LogP contribution >= 0.6 is 0 Å². The average molecular weight is 259 g/mol. The van der Waals surface area contributed by atoms with Gasteiger partial charge in [0.2, 0.25) is 5.82 Å². The van der Waals surface area contributed by atoms with Gasteiger partial charge in [-0.2, -0.15) is 0 Å². The third-order valence-corrected chi connectivity index (χ3v) is 2.32. The van der Waals surface area contributed by atoms with E-state index in [1.165, 1.54) is 13.4 Å². The summed E-state index contributed by atoms with van der Waals surface area (Å²) in [6.07, 6.45) is 3.14. The summed E-state index contributed by atoms with van der Waals surface area (Å²) in [7, 11) is 1.29. The Morgan fingerprint density at radius 2 is 2.26 bits per heavy atom. The van der Waals surface area contributed by atoms with Crippen molar-refractivity contribution in [3.63, 3.8) is 0 Å². The molecular formula is C12H13N5O2. The Morgan fingerprint density at radius 1 is 1.42 bits per heavy atom. The molecule has 1 N–H and O–H groups in total. The molecule has 0 aromatic carbocycles. The molecule has 7 nitrogen and oxygen atoms in total. The van der Waals surface area contributed by atoms with Gasteiger partial charge < -0.3 is 10.1 Å². The largest absolute Gasteiger partial charge is 0.463 e.